The first-order valence-corrected chi connectivity index (χ1v) is 10.4. The first kappa shape index (κ1) is 23.1. The first-order valence-electron chi connectivity index (χ1n) is 10.4. The number of hydrogen-bond acceptors (Lipinski definition) is 5. The van der Waals surface area contributed by atoms with Crippen LogP contribution in [0.4, 0.5) is 0 Å². The largest absolute Gasteiger partial charge is 0.497 e. The zero-order valence-corrected chi connectivity index (χ0v) is 18.6. The maximum atomic E-state index is 13.1. The lowest BCUT2D eigenvalue weighted by Crippen LogP contribution is -2.49. The van der Waals surface area contributed by atoms with Crippen molar-refractivity contribution in [1.29, 1.82) is 0 Å². The Labute approximate surface area is 188 Å². The molecular formula is C25H29N3O4. The van der Waals surface area contributed by atoms with Gasteiger partial charge in [-0.15, -0.1) is 0 Å². The summed E-state index contributed by atoms with van der Waals surface area (Å²) in [6, 6.07) is 19.8. The van der Waals surface area contributed by atoms with Crippen molar-refractivity contribution >= 4 is 11.8 Å². The molecule has 7 heteroatoms. The number of methoxy groups -OCH3 is 1. The lowest BCUT2D eigenvalue weighted by molar-refractivity contribution is -0.123. The van der Waals surface area contributed by atoms with Crippen LogP contribution in [0.2, 0.25) is 0 Å². The van der Waals surface area contributed by atoms with Gasteiger partial charge in [0.25, 0.3) is 5.91 Å². The van der Waals surface area contributed by atoms with E-state index in [4.69, 9.17) is 9.15 Å². The molecule has 0 saturated heterocycles. The van der Waals surface area contributed by atoms with Crippen LogP contribution >= 0.6 is 0 Å². The molecule has 1 heterocycles. The summed E-state index contributed by atoms with van der Waals surface area (Å²) in [5.74, 6) is 0.263. The normalized spacial score (nSPS) is 12.8. The highest BCUT2D eigenvalue weighted by molar-refractivity contribution is 5.95. The Hall–Kier alpha value is -3.58. The maximum absolute atomic E-state index is 13.1. The second-order valence-electron chi connectivity index (χ2n) is 7.69. The SMILES string of the molecule is COc1ccc(C(CNC(=O)C(Cc2ccccc2)NC(=O)c2ccco2)N(C)C)cc1. The molecule has 0 saturated carbocycles. The number of ether oxygens (including phenoxy) is 1. The van der Waals surface area contributed by atoms with Crippen LogP contribution < -0.4 is 15.4 Å². The molecule has 3 rings (SSSR count). The van der Waals surface area contributed by atoms with Gasteiger partial charge in [0, 0.05) is 13.0 Å². The molecule has 2 N–H and O–H groups in total. The van der Waals surface area contributed by atoms with Crippen molar-refractivity contribution in [2.45, 2.75) is 18.5 Å². The van der Waals surface area contributed by atoms with Crippen molar-refractivity contribution in [3.8, 4) is 5.75 Å². The Kier molecular flexibility index (Phi) is 8.05. The number of carbonyl (C=O) groups is 2. The van der Waals surface area contributed by atoms with E-state index >= 15 is 0 Å². The molecular weight excluding hydrogens is 406 g/mol. The summed E-state index contributed by atoms with van der Waals surface area (Å²) in [6.07, 6.45) is 1.80. The van der Waals surface area contributed by atoms with Gasteiger partial charge in [-0.1, -0.05) is 42.5 Å². The second kappa shape index (κ2) is 11.2. The van der Waals surface area contributed by atoms with Crippen LogP contribution in [-0.4, -0.2) is 50.5 Å². The predicted molar refractivity (Wildman–Crippen MR) is 123 cm³/mol. The fraction of sp³-hybridized carbons (Fsp3) is 0.280. The first-order chi connectivity index (χ1) is 15.5. The number of nitrogens with zero attached hydrogens (tertiary/aromatic N) is 1. The summed E-state index contributed by atoms with van der Waals surface area (Å²) in [4.78, 5) is 27.7. The van der Waals surface area contributed by atoms with Crippen molar-refractivity contribution in [2.75, 3.05) is 27.7 Å². The van der Waals surface area contributed by atoms with Gasteiger partial charge in [-0.05, 0) is 49.5 Å². The van der Waals surface area contributed by atoms with Crippen LogP contribution in [0.15, 0.2) is 77.4 Å². The van der Waals surface area contributed by atoms with Gasteiger partial charge in [0.05, 0.1) is 19.4 Å². The molecule has 168 valence electrons. The smallest absolute Gasteiger partial charge is 0.287 e. The minimum atomic E-state index is -0.742. The van der Waals surface area contributed by atoms with E-state index in [1.54, 1.807) is 19.2 Å². The summed E-state index contributed by atoms with van der Waals surface area (Å²) in [5.41, 5.74) is 2.00. The summed E-state index contributed by atoms with van der Waals surface area (Å²) in [7, 11) is 5.55. The quantitative estimate of drug-likeness (QED) is 0.511. The topological polar surface area (TPSA) is 83.8 Å². The lowest BCUT2D eigenvalue weighted by Gasteiger charge is -2.26. The average Bonchev–Trinajstić information content (AvgIpc) is 3.35. The molecule has 1 aromatic heterocycles. The van der Waals surface area contributed by atoms with Crippen LogP contribution in [0.1, 0.15) is 27.7 Å². The van der Waals surface area contributed by atoms with Crippen LogP contribution in [-0.2, 0) is 11.2 Å². The highest BCUT2D eigenvalue weighted by Gasteiger charge is 2.24. The number of amides is 2. The van der Waals surface area contributed by atoms with Crippen molar-refractivity contribution < 1.29 is 18.7 Å². The maximum Gasteiger partial charge on any atom is 0.287 e. The predicted octanol–water partition coefficient (Wildman–Crippen LogP) is 3.05. The van der Waals surface area contributed by atoms with E-state index in [2.05, 4.69) is 10.6 Å². The molecule has 2 unspecified atom stereocenters. The molecule has 2 amide bonds. The number of nitrogens with one attached hydrogen (secondary N) is 2. The molecule has 2 aromatic carbocycles. The standard InChI is InChI=1S/C25H29N3O4/c1-28(2)22(19-11-13-20(31-3)14-12-19)17-26-24(29)21(16-18-8-5-4-6-9-18)27-25(30)23-10-7-15-32-23/h4-15,21-22H,16-17H2,1-3H3,(H,26,29)(H,27,30). The van der Waals surface area contributed by atoms with Crippen molar-refractivity contribution in [1.82, 2.24) is 15.5 Å². The van der Waals surface area contributed by atoms with E-state index in [9.17, 15) is 9.59 Å². The summed E-state index contributed by atoms with van der Waals surface area (Å²) >= 11 is 0. The molecule has 3 aromatic rings. The Balaban J connectivity index is 1.71. The number of furan rings is 1. The minimum Gasteiger partial charge on any atom is -0.497 e. The molecule has 32 heavy (non-hydrogen) atoms. The third kappa shape index (κ3) is 6.21. The van der Waals surface area contributed by atoms with Crippen LogP contribution in [0.25, 0.3) is 0 Å². The molecule has 0 aliphatic carbocycles. The fourth-order valence-corrected chi connectivity index (χ4v) is 3.44. The number of hydrogen-bond donors (Lipinski definition) is 2. The van der Waals surface area contributed by atoms with Gasteiger partial charge in [-0.3, -0.25) is 9.59 Å². The number of carbonyl (C=O) groups excluding carboxylic acids is 2. The molecule has 7 nitrogen and oxygen atoms in total. The Morgan fingerprint density at radius 2 is 1.72 bits per heavy atom. The molecule has 0 fully saturated rings. The molecule has 2 atom stereocenters. The van der Waals surface area contributed by atoms with Crippen LogP contribution in [0, 0.1) is 0 Å². The zero-order chi connectivity index (χ0) is 22.9. The van der Waals surface area contributed by atoms with Crippen molar-refractivity contribution in [3.63, 3.8) is 0 Å². The Morgan fingerprint density at radius 1 is 1.00 bits per heavy atom. The molecule has 0 bridgehead atoms. The zero-order valence-electron chi connectivity index (χ0n) is 18.6. The summed E-state index contributed by atoms with van der Waals surface area (Å²) in [5, 5.41) is 5.81. The van der Waals surface area contributed by atoms with Gasteiger partial charge in [0.2, 0.25) is 5.91 Å². The van der Waals surface area contributed by atoms with Gasteiger partial charge in [0.1, 0.15) is 11.8 Å². The third-order valence-corrected chi connectivity index (χ3v) is 5.24. The van der Waals surface area contributed by atoms with Gasteiger partial charge in [-0.2, -0.15) is 0 Å². The van der Waals surface area contributed by atoms with Crippen LogP contribution in [0.3, 0.4) is 0 Å². The monoisotopic (exact) mass is 435 g/mol. The number of benzene rings is 2. The number of likely N-dealkylation sites (N-methyl/N-ethyl adjacent to an activating group) is 1. The minimum absolute atomic E-state index is 0.0389. The van der Waals surface area contributed by atoms with E-state index in [0.29, 0.717) is 13.0 Å². The second-order valence-corrected chi connectivity index (χ2v) is 7.69. The fourth-order valence-electron chi connectivity index (χ4n) is 3.44. The summed E-state index contributed by atoms with van der Waals surface area (Å²) < 4.78 is 10.4. The van der Waals surface area contributed by atoms with E-state index in [-0.39, 0.29) is 17.7 Å². The lowest BCUT2D eigenvalue weighted by atomic mass is 10.0. The molecule has 0 aliphatic rings. The van der Waals surface area contributed by atoms with Gasteiger partial charge in [-0.25, -0.2) is 0 Å². The highest BCUT2D eigenvalue weighted by atomic mass is 16.5. The molecule has 0 spiro atoms. The number of rotatable bonds is 10. The van der Waals surface area contributed by atoms with E-state index in [1.807, 2.05) is 73.6 Å². The van der Waals surface area contributed by atoms with Crippen molar-refractivity contribution in [2.24, 2.45) is 0 Å². The van der Waals surface area contributed by atoms with E-state index in [0.717, 1.165) is 16.9 Å². The average molecular weight is 436 g/mol. The van der Waals surface area contributed by atoms with Gasteiger partial charge >= 0.3 is 0 Å². The Morgan fingerprint density at radius 3 is 2.31 bits per heavy atom. The summed E-state index contributed by atoms with van der Waals surface area (Å²) in [6.45, 7) is 0.389. The van der Waals surface area contributed by atoms with E-state index < -0.39 is 11.9 Å². The molecule has 0 aliphatic heterocycles. The molecule has 0 radical (unpaired) electrons. The third-order valence-electron chi connectivity index (χ3n) is 5.24. The van der Waals surface area contributed by atoms with Crippen LogP contribution in [0.5, 0.6) is 5.75 Å². The van der Waals surface area contributed by atoms with Gasteiger partial charge < -0.3 is 24.7 Å². The van der Waals surface area contributed by atoms with Crippen molar-refractivity contribution in [3.05, 3.63) is 89.9 Å². The Bertz CT molecular complexity index is 986. The van der Waals surface area contributed by atoms with E-state index in [1.165, 1.54) is 6.26 Å². The highest BCUT2D eigenvalue weighted by Crippen LogP contribution is 2.20. The van der Waals surface area contributed by atoms with Gasteiger partial charge in [0.15, 0.2) is 5.76 Å².